The summed E-state index contributed by atoms with van der Waals surface area (Å²) in [6.45, 7) is 4.16. The lowest BCUT2D eigenvalue weighted by Gasteiger charge is -2.36. The van der Waals surface area contributed by atoms with E-state index < -0.39 is 4.92 Å². The van der Waals surface area contributed by atoms with Gasteiger partial charge in [-0.15, -0.1) is 0 Å². The topological polar surface area (TPSA) is 82.5 Å². The van der Waals surface area contributed by atoms with Gasteiger partial charge in [0.05, 0.1) is 10.6 Å². The Bertz CT molecular complexity index is 1440. The number of piperazine rings is 1. The van der Waals surface area contributed by atoms with Crippen molar-refractivity contribution in [1.82, 2.24) is 9.88 Å². The van der Waals surface area contributed by atoms with Crippen molar-refractivity contribution in [1.29, 1.82) is 0 Å². The van der Waals surface area contributed by atoms with Crippen LogP contribution in [0.3, 0.4) is 0 Å². The summed E-state index contributed by atoms with van der Waals surface area (Å²) in [7, 11) is 0. The fourth-order valence-electron chi connectivity index (χ4n) is 5.29. The van der Waals surface area contributed by atoms with Crippen molar-refractivity contribution < 1.29 is 14.1 Å². The highest BCUT2D eigenvalue weighted by atomic mass is 19.1. The molecule has 1 aliphatic heterocycles. The number of non-ortho nitro benzene ring substituents is 1. The molecule has 5 rings (SSSR count). The van der Waals surface area contributed by atoms with Gasteiger partial charge in [-0.05, 0) is 35.2 Å². The van der Waals surface area contributed by atoms with Gasteiger partial charge in [-0.2, -0.15) is 0 Å². The van der Waals surface area contributed by atoms with Crippen LogP contribution in [0.5, 0.6) is 0 Å². The Morgan fingerprint density at radius 3 is 2.54 bits per heavy atom. The molecule has 1 saturated heterocycles. The number of aromatic amines is 1. The Morgan fingerprint density at radius 2 is 1.81 bits per heavy atom. The van der Waals surface area contributed by atoms with Crippen molar-refractivity contribution >= 4 is 28.2 Å². The number of anilines is 1. The molecule has 37 heavy (non-hydrogen) atoms. The summed E-state index contributed by atoms with van der Waals surface area (Å²) in [5.41, 5.74) is 4.44. The van der Waals surface area contributed by atoms with Gasteiger partial charge in [-0.1, -0.05) is 49.4 Å². The monoisotopic (exact) mass is 500 g/mol. The summed E-state index contributed by atoms with van der Waals surface area (Å²) >= 11 is 0. The van der Waals surface area contributed by atoms with Crippen molar-refractivity contribution in [3.8, 4) is 0 Å². The van der Waals surface area contributed by atoms with E-state index in [-0.39, 0.29) is 29.8 Å². The Balaban J connectivity index is 1.42. The maximum Gasteiger partial charge on any atom is 0.269 e. The van der Waals surface area contributed by atoms with E-state index in [0.29, 0.717) is 31.9 Å². The van der Waals surface area contributed by atoms with Crippen LogP contribution in [0.4, 0.5) is 15.8 Å². The van der Waals surface area contributed by atoms with E-state index in [2.05, 4.69) is 18.0 Å². The molecule has 1 aliphatic rings. The molecule has 1 fully saturated rings. The summed E-state index contributed by atoms with van der Waals surface area (Å²) in [5.74, 6) is -0.637. The van der Waals surface area contributed by atoms with Crippen LogP contribution in [0.15, 0.2) is 72.9 Å². The summed E-state index contributed by atoms with van der Waals surface area (Å²) in [6.07, 6.45) is 2.98. The Kier molecular flexibility index (Phi) is 6.90. The summed E-state index contributed by atoms with van der Waals surface area (Å²) in [4.78, 5) is 31.8. The van der Waals surface area contributed by atoms with Crippen molar-refractivity contribution in [2.24, 2.45) is 0 Å². The highest BCUT2D eigenvalue weighted by Crippen LogP contribution is 2.36. The molecule has 2 heterocycles. The smallest absolute Gasteiger partial charge is 0.269 e. The van der Waals surface area contributed by atoms with E-state index in [0.717, 1.165) is 28.5 Å². The third-order valence-corrected chi connectivity index (χ3v) is 7.28. The van der Waals surface area contributed by atoms with Crippen molar-refractivity contribution in [3.05, 3.63) is 106 Å². The van der Waals surface area contributed by atoms with E-state index in [1.165, 1.54) is 17.7 Å². The highest BCUT2D eigenvalue weighted by Gasteiger charge is 2.28. The van der Waals surface area contributed by atoms with Gasteiger partial charge >= 0.3 is 0 Å². The SMILES string of the molecule is CCc1cccc2c(C(CC(=O)N3CCN(c4ccccc4F)CC3)c3cccc([N+](=O)[O-])c3)c[nH]c12. The molecule has 0 saturated carbocycles. The lowest BCUT2D eigenvalue weighted by Crippen LogP contribution is -2.49. The molecule has 1 unspecified atom stereocenters. The number of carbonyl (C=O) groups excluding carboxylic acids is 1. The van der Waals surface area contributed by atoms with Gasteiger partial charge in [0.2, 0.25) is 5.91 Å². The number of nitrogens with one attached hydrogen (secondary N) is 1. The van der Waals surface area contributed by atoms with Gasteiger partial charge in [-0.3, -0.25) is 14.9 Å². The second-order valence-corrected chi connectivity index (χ2v) is 9.37. The molecule has 190 valence electrons. The molecule has 4 aromatic rings. The second-order valence-electron chi connectivity index (χ2n) is 9.37. The number of nitro benzene ring substituents is 1. The van der Waals surface area contributed by atoms with Crippen LogP contribution in [0.25, 0.3) is 10.9 Å². The first kappa shape index (κ1) is 24.5. The lowest BCUT2D eigenvalue weighted by molar-refractivity contribution is -0.384. The molecule has 7 nitrogen and oxygen atoms in total. The third kappa shape index (κ3) is 4.91. The summed E-state index contributed by atoms with van der Waals surface area (Å²) in [6, 6.07) is 19.3. The van der Waals surface area contributed by atoms with Crippen LogP contribution in [-0.4, -0.2) is 46.9 Å². The van der Waals surface area contributed by atoms with Crippen molar-refractivity contribution in [2.75, 3.05) is 31.1 Å². The molecule has 0 aliphatic carbocycles. The van der Waals surface area contributed by atoms with E-state index in [4.69, 9.17) is 0 Å². The average molecular weight is 501 g/mol. The molecule has 0 bridgehead atoms. The summed E-state index contributed by atoms with van der Waals surface area (Å²) in [5, 5.41) is 12.5. The molecule has 1 atom stereocenters. The normalized spacial score (nSPS) is 14.6. The van der Waals surface area contributed by atoms with Gasteiger partial charge in [0, 0.05) is 67.8 Å². The number of benzene rings is 3. The molecular weight excluding hydrogens is 471 g/mol. The van der Waals surface area contributed by atoms with E-state index in [9.17, 15) is 19.3 Å². The number of nitrogens with zero attached hydrogens (tertiary/aromatic N) is 3. The number of fused-ring (bicyclic) bond motifs is 1. The predicted octanol–water partition coefficient (Wildman–Crippen LogP) is 5.65. The minimum Gasteiger partial charge on any atom is -0.366 e. The number of hydrogen-bond donors (Lipinski definition) is 1. The fraction of sp³-hybridized carbons (Fsp3) is 0.276. The van der Waals surface area contributed by atoms with Crippen LogP contribution in [0, 0.1) is 15.9 Å². The highest BCUT2D eigenvalue weighted by molar-refractivity contribution is 5.88. The van der Waals surface area contributed by atoms with Crippen LogP contribution < -0.4 is 4.90 Å². The van der Waals surface area contributed by atoms with E-state index in [1.54, 1.807) is 24.3 Å². The first-order chi connectivity index (χ1) is 18.0. The first-order valence-corrected chi connectivity index (χ1v) is 12.6. The van der Waals surface area contributed by atoms with Gasteiger partial charge in [0.25, 0.3) is 5.69 Å². The number of aryl methyl sites for hydroxylation is 1. The first-order valence-electron chi connectivity index (χ1n) is 12.6. The minimum atomic E-state index is -0.408. The molecule has 0 radical (unpaired) electrons. The zero-order chi connectivity index (χ0) is 25.9. The van der Waals surface area contributed by atoms with Gasteiger partial charge < -0.3 is 14.8 Å². The summed E-state index contributed by atoms with van der Waals surface area (Å²) < 4.78 is 14.2. The number of rotatable bonds is 7. The number of carbonyl (C=O) groups is 1. The Morgan fingerprint density at radius 1 is 1.05 bits per heavy atom. The fourth-order valence-corrected chi connectivity index (χ4v) is 5.29. The standard InChI is InChI=1S/C29H29FN4O3/c1-2-20-7-6-10-23-25(19-31-29(20)23)24(21-8-5-9-22(17-21)34(36)37)18-28(35)33-15-13-32(14-16-33)27-12-4-3-11-26(27)30/h3-12,17,19,24,31H,2,13-16,18H2,1H3. The number of para-hydroxylation sites is 2. The lowest BCUT2D eigenvalue weighted by atomic mass is 9.87. The van der Waals surface area contributed by atoms with Gasteiger partial charge in [-0.25, -0.2) is 4.39 Å². The Labute approximate surface area is 214 Å². The van der Waals surface area contributed by atoms with Crippen LogP contribution in [0.1, 0.15) is 36.0 Å². The van der Waals surface area contributed by atoms with Crippen LogP contribution in [-0.2, 0) is 11.2 Å². The Hall–Kier alpha value is -4.20. The molecular formula is C29H29FN4O3. The maximum absolute atomic E-state index is 14.2. The largest absolute Gasteiger partial charge is 0.366 e. The predicted molar refractivity (Wildman–Crippen MR) is 142 cm³/mol. The molecule has 3 aromatic carbocycles. The van der Waals surface area contributed by atoms with Crippen molar-refractivity contribution in [3.63, 3.8) is 0 Å². The number of nitro groups is 1. The van der Waals surface area contributed by atoms with E-state index >= 15 is 0 Å². The number of halogens is 1. The van der Waals surface area contributed by atoms with E-state index in [1.807, 2.05) is 40.3 Å². The third-order valence-electron chi connectivity index (χ3n) is 7.28. The minimum absolute atomic E-state index is 0.00235. The molecule has 1 N–H and O–H groups in total. The number of aromatic nitrogens is 1. The molecule has 1 amide bonds. The quantitative estimate of drug-likeness (QED) is 0.263. The van der Waals surface area contributed by atoms with Gasteiger partial charge in [0.15, 0.2) is 0 Å². The van der Waals surface area contributed by atoms with Crippen LogP contribution in [0.2, 0.25) is 0 Å². The zero-order valence-electron chi connectivity index (χ0n) is 20.7. The molecule has 8 heteroatoms. The van der Waals surface area contributed by atoms with Crippen LogP contribution >= 0.6 is 0 Å². The van der Waals surface area contributed by atoms with Crippen molar-refractivity contribution in [2.45, 2.75) is 25.7 Å². The second kappa shape index (κ2) is 10.4. The number of H-pyrrole nitrogens is 1. The average Bonchev–Trinajstić information content (AvgIpc) is 3.36. The molecule has 1 aromatic heterocycles. The maximum atomic E-state index is 14.2. The number of hydrogen-bond acceptors (Lipinski definition) is 4. The zero-order valence-corrected chi connectivity index (χ0v) is 20.7. The molecule has 0 spiro atoms. The van der Waals surface area contributed by atoms with Gasteiger partial charge in [0.1, 0.15) is 5.82 Å². The number of amides is 1.